The van der Waals surface area contributed by atoms with Gasteiger partial charge < -0.3 is 32.7 Å². The Morgan fingerprint density at radius 1 is 0.667 bits per heavy atom. The van der Waals surface area contributed by atoms with E-state index in [9.17, 15) is 4.57 Å². The van der Waals surface area contributed by atoms with Gasteiger partial charge in [0.2, 0.25) is 0 Å². The molecule has 1 fully saturated rings. The minimum absolute atomic E-state index is 0.205. The lowest BCUT2D eigenvalue weighted by Crippen LogP contribution is -2.60. The molecule has 1 aliphatic heterocycles. The summed E-state index contributed by atoms with van der Waals surface area (Å²) in [4.78, 5) is 0. The highest BCUT2D eigenvalue weighted by Gasteiger charge is 2.56. The molecule has 3 aromatic rings. The SMILES string of the molecule is CO[C@@H]1OC(COCc2ccccc2)[C@@H](OCc2ccccc2)C(OCc2ccccc2)C1P(=O)(OC)OC. The lowest BCUT2D eigenvalue weighted by molar-refractivity contribution is -0.271. The van der Waals surface area contributed by atoms with Gasteiger partial charge in [-0.3, -0.25) is 4.57 Å². The van der Waals surface area contributed by atoms with Crippen molar-refractivity contribution in [2.24, 2.45) is 0 Å². The summed E-state index contributed by atoms with van der Waals surface area (Å²) < 4.78 is 55.8. The van der Waals surface area contributed by atoms with Crippen LogP contribution in [-0.2, 0) is 57.1 Å². The standard InChI is InChI=1S/C30H37O8P/c1-32-30-29(39(31,33-2)34-3)28(37-21-25-17-11-6-12-18-25)27(36-20-24-15-9-5-10-16-24)26(38-30)22-35-19-23-13-7-4-8-14-23/h4-18,26-30H,19-22H2,1-3H3/t26?,27-,28?,29?,30-/m1/s1. The largest absolute Gasteiger partial charge is 0.374 e. The fourth-order valence-electron chi connectivity index (χ4n) is 4.66. The van der Waals surface area contributed by atoms with Crippen molar-refractivity contribution in [3.63, 3.8) is 0 Å². The summed E-state index contributed by atoms with van der Waals surface area (Å²) >= 11 is 0. The first-order valence-electron chi connectivity index (χ1n) is 12.9. The Kier molecular flexibility index (Phi) is 11.3. The van der Waals surface area contributed by atoms with Gasteiger partial charge in [-0.2, -0.15) is 0 Å². The molecule has 8 nitrogen and oxygen atoms in total. The monoisotopic (exact) mass is 556 g/mol. The van der Waals surface area contributed by atoms with E-state index in [0.29, 0.717) is 13.2 Å². The van der Waals surface area contributed by atoms with Gasteiger partial charge in [0.05, 0.1) is 26.4 Å². The molecule has 3 aromatic carbocycles. The van der Waals surface area contributed by atoms with Gasteiger partial charge in [0.25, 0.3) is 0 Å². The fraction of sp³-hybridized carbons (Fsp3) is 0.400. The van der Waals surface area contributed by atoms with Crippen LogP contribution in [0.1, 0.15) is 16.7 Å². The van der Waals surface area contributed by atoms with E-state index in [2.05, 4.69) is 0 Å². The number of benzene rings is 3. The molecular weight excluding hydrogens is 519 g/mol. The second kappa shape index (κ2) is 14.8. The third-order valence-electron chi connectivity index (χ3n) is 6.69. The Bertz CT molecular complexity index is 1140. The first-order chi connectivity index (χ1) is 19.1. The Balaban J connectivity index is 1.63. The van der Waals surface area contributed by atoms with E-state index in [1.54, 1.807) is 0 Å². The maximum absolute atomic E-state index is 13.9. The maximum Gasteiger partial charge on any atom is 0.341 e. The molecule has 0 aliphatic carbocycles. The number of ether oxygens (including phenoxy) is 5. The van der Waals surface area contributed by atoms with Crippen LogP contribution in [0, 0.1) is 0 Å². The van der Waals surface area contributed by atoms with E-state index in [1.165, 1.54) is 21.3 Å². The van der Waals surface area contributed by atoms with Crippen molar-refractivity contribution in [2.45, 2.75) is 50.1 Å². The number of rotatable bonds is 14. The third-order valence-corrected chi connectivity index (χ3v) is 8.97. The van der Waals surface area contributed by atoms with Gasteiger partial charge in [-0.25, -0.2) is 0 Å². The predicted molar refractivity (Wildman–Crippen MR) is 147 cm³/mol. The number of methoxy groups -OCH3 is 1. The van der Waals surface area contributed by atoms with Crippen molar-refractivity contribution < 1.29 is 37.3 Å². The fourth-order valence-corrected chi connectivity index (χ4v) is 6.40. The zero-order valence-corrected chi connectivity index (χ0v) is 23.5. The minimum Gasteiger partial charge on any atom is -0.374 e. The van der Waals surface area contributed by atoms with Crippen LogP contribution in [0.3, 0.4) is 0 Å². The summed E-state index contributed by atoms with van der Waals surface area (Å²) in [5.74, 6) is 0. The van der Waals surface area contributed by atoms with Crippen LogP contribution in [-0.4, -0.2) is 58.2 Å². The molecule has 0 saturated carbocycles. The van der Waals surface area contributed by atoms with E-state index in [4.69, 9.17) is 32.7 Å². The second-order valence-corrected chi connectivity index (χ2v) is 11.6. The van der Waals surface area contributed by atoms with Crippen LogP contribution >= 0.6 is 7.60 Å². The highest BCUT2D eigenvalue weighted by Crippen LogP contribution is 2.57. The van der Waals surface area contributed by atoms with Crippen molar-refractivity contribution in [1.82, 2.24) is 0 Å². The topological polar surface area (TPSA) is 81.7 Å². The maximum atomic E-state index is 13.9. The first-order valence-corrected chi connectivity index (χ1v) is 14.5. The molecule has 1 saturated heterocycles. The molecular formula is C30H37O8P. The summed E-state index contributed by atoms with van der Waals surface area (Å²) in [6.07, 6.45) is -2.96. The van der Waals surface area contributed by atoms with Crippen molar-refractivity contribution in [3.05, 3.63) is 108 Å². The van der Waals surface area contributed by atoms with Crippen LogP contribution in [0.15, 0.2) is 91.0 Å². The van der Waals surface area contributed by atoms with Crippen LogP contribution < -0.4 is 0 Å². The number of hydrogen-bond donors (Lipinski definition) is 0. The van der Waals surface area contributed by atoms with Crippen molar-refractivity contribution in [1.29, 1.82) is 0 Å². The highest BCUT2D eigenvalue weighted by atomic mass is 31.2. The molecule has 1 aliphatic rings. The zero-order valence-electron chi connectivity index (χ0n) is 22.6. The zero-order chi connectivity index (χ0) is 27.5. The molecule has 3 unspecified atom stereocenters. The molecule has 9 heteroatoms. The van der Waals surface area contributed by atoms with Gasteiger partial charge in [-0.15, -0.1) is 0 Å². The molecule has 0 aromatic heterocycles. The van der Waals surface area contributed by atoms with Gasteiger partial charge in [0.15, 0.2) is 6.29 Å². The molecule has 0 spiro atoms. The van der Waals surface area contributed by atoms with E-state index in [1.807, 2.05) is 91.0 Å². The predicted octanol–water partition coefficient (Wildman–Crippen LogP) is 5.60. The van der Waals surface area contributed by atoms with Gasteiger partial charge >= 0.3 is 7.60 Å². The molecule has 0 amide bonds. The molecule has 5 atom stereocenters. The average molecular weight is 557 g/mol. The van der Waals surface area contributed by atoms with Crippen LogP contribution in [0.4, 0.5) is 0 Å². The van der Waals surface area contributed by atoms with Crippen molar-refractivity contribution in [2.75, 3.05) is 27.9 Å². The molecule has 4 rings (SSSR count). The summed E-state index contributed by atoms with van der Waals surface area (Å²) in [5, 5.41) is 0. The van der Waals surface area contributed by atoms with E-state index in [0.717, 1.165) is 16.7 Å². The Morgan fingerprint density at radius 2 is 1.13 bits per heavy atom. The smallest absolute Gasteiger partial charge is 0.341 e. The molecule has 0 N–H and O–H groups in total. The van der Waals surface area contributed by atoms with E-state index < -0.39 is 37.9 Å². The number of hydrogen-bond acceptors (Lipinski definition) is 8. The summed E-state index contributed by atoms with van der Waals surface area (Å²) in [6, 6.07) is 29.5. The van der Waals surface area contributed by atoms with Crippen molar-refractivity contribution in [3.8, 4) is 0 Å². The minimum atomic E-state index is -3.74. The lowest BCUT2D eigenvalue weighted by Gasteiger charge is -2.46. The Morgan fingerprint density at radius 3 is 1.59 bits per heavy atom. The molecule has 39 heavy (non-hydrogen) atoms. The van der Waals surface area contributed by atoms with Crippen LogP contribution in [0.2, 0.25) is 0 Å². The Hall–Kier alpha value is -2.39. The first kappa shape index (κ1) is 29.6. The second-order valence-electron chi connectivity index (χ2n) is 9.20. The molecule has 0 radical (unpaired) electrons. The van der Waals surface area contributed by atoms with Gasteiger partial charge in [0, 0.05) is 21.3 Å². The van der Waals surface area contributed by atoms with Gasteiger partial charge in [-0.1, -0.05) is 91.0 Å². The van der Waals surface area contributed by atoms with Crippen LogP contribution in [0.25, 0.3) is 0 Å². The van der Waals surface area contributed by atoms with Crippen LogP contribution in [0.5, 0.6) is 0 Å². The molecule has 210 valence electrons. The quantitative estimate of drug-likeness (QED) is 0.238. The molecule has 0 bridgehead atoms. The third kappa shape index (κ3) is 7.84. The normalized spacial score (nSPS) is 23.5. The van der Waals surface area contributed by atoms with Gasteiger partial charge in [-0.05, 0) is 16.7 Å². The summed E-state index contributed by atoms with van der Waals surface area (Å²) in [7, 11) is 0.454. The summed E-state index contributed by atoms with van der Waals surface area (Å²) in [6.45, 7) is 1.16. The Labute approximate surface area is 230 Å². The highest BCUT2D eigenvalue weighted by molar-refractivity contribution is 7.54. The van der Waals surface area contributed by atoms with Crippen molar-refractivity contribution >= 4 is 7.60 Å². The van der Waals surface area contributed by atoms with Gasteiger partial charge in [0.1, 0.15) is 24.0 Å². The summed E-state index contributed by atoms with van der Waals surface area (Å²) in [5.41, 5.74) is 2.07. The molecule has 1 heterocycles. The average Bonchev–Trinajstić information content (AvgIpc) is 3.00. The van der Waals surface area contributed by atoms with E-state index >= 15 is 0 Å². The van der Waals surface area contributed by atoms with E-state index in [-0.39, 0.29) is 13.2 Å². The lowest BCUT2D eigenvalue weighted by atomic mass is 10.00.